The molecule has 2 rings (SSSR count). The number of guanidine groups is 1. The molecular weight excluding hydrogens is 1190 g/mol. The molecule has 0 spiro atoms. The predicted octanol–water partition coefficient (Wildman–Crippen LogP) is -2.84. The number of benzene rings is 1. The molecule has 0 aliphatic carbocycles. The Balaban J connectivity index is 2.64. The number of aliphatic carboxylic acids is 3. The van der Waals surface area contributed by atoms with Crippen LogP contribution in [0.2, 0.25) is 0 Å². The number of carbonyl (C=O) groups excluding carboxylic acids is 9. The molecule has 20 N–H and O–H groups in total. The minimum Gasteiger partial charge on any atom is -0.481 e. The summed E-state index contributed by atoms with van der Waals surface area (Å²) in [7, 11) is -5.04. The zero-order valence-electron chi connectivity index (χ0n) is 51.3. The van der Waals surface area contributed by atoms with Gasteiger partial charge in [0.25, 0.3) is 0 Å². The van der Waals surface area contributed by atoms with Crippen LogP contribution >= 0.6 is 7.82 Å². The van der Waals surface area contributed by atoms with Gasteiger partial charge in [-0.3, -0.25) is 67.5 Å². The third kappa shape index (κ3) is 27.5. The third-order valence-corrected chi connectivity index (χ3v) is 14.6. The lowest BCUT2D eigenvalue weighted by Gasteiger charge is -2.32. The van der Waals surface area contributed by atoms with E-state index >= 15 is 0 Å². The predicted molar refractivity (Wildman–Crippen MR) is 318 cm³/mol. The zero-order valence-corrected chi connectivity index (χ0v) is 52.2. The van der Waals surface area contributed by atoms with Crippen LogP contribution in [0, 0.1) is 23.7 Å². The van der Waals surface area contributed by atoms with E-state index in [2.05, 4.69) is 52.1 Å². The Kier molecular flexibility index (Phi) is 32.1. The fourth-order valence-electron chi connectivity index (χ4n) is 9.29. The standard InChI is InChI=1S/C55H90N13O20P/c1-9-30(8)44(52(81)66-43(29(6)7)54(83)84)67-50(79)37(23-28(4)5)63-48(77)36(22-27(2)3)64-51(80)40-13-11-21-68(40)53(82)39(24-31-14-16-32(17-15-31)88-89(85,86)87)65-47(76)35(18-19-41(70)71)61-46(75)34(12-10-20-59-55(57)58)60-49(78)38(25-42(72)73)62-45(74)33(56)26-69/h14-17,27-30,33-40,43-44,69H,9-13,18-26,56H2,1-8H3,(H,60,78)(H,61,75)(H,62,74)(H,63,77)(H,64,80)(H,65,76)(H,66,81)(H,67,79)(H,70,71)(H,72,73)(H,83,84)(H4,57,58,59)(H2,85,86,87)/t30-,33-,34-,35-,36-,37-,38-,39-,40-,43-,44-/m0/s1. The lowest BCUT2D eigenvalue weighted by atomic mass is 9.95. The largest absolute Gasteiger partial charge is 0.524 e. The molecule has 1 saturated heterocycles. The number of rotatable bonds is 39. The van der Waals surface area contributed by atoms with Crippen LogP contribution in [0.1, 0.15) is 125 Å². The van der Waals surface area contributed by atoms with Gasteiger partial charge in [0, 0.05) is 25.9 Å². The molecule has 34 heteroatoms. The SMILES string of the molecule is CC[C@H](C)[C@H](NC(=O)[C@H](CC(C)C)NC(=O)[C@H](CC(C)C)NC(=O)[C@@H]1CCCN1C(=O)[C@H](Cc1ccc(OP(=O)(O)O)cc1)NC(=O)[C@H](CCC(=O)O)NC(=O)[C@H](CCCN=C(N)N)NC(=O)[C@H](CC(=O)O)NC(=O)[C@@H](N)CO)C(=O)N[C@H](C(=O)O)C(C)C. The molecule has 1 aromatic carbocycles. The van der Waals surface area contributed by atoms with E-state index in [-0.39, 0.29) is 80.7 Å². The summed E-state index contributed by atoms with van der Waals surface area (Å²) in [6, 6.07) is -10.1. The van der Waals surface area contributed by atoms with Gasteiger partial charge in [-0.25, -0.2) is 9.36 Å². The van der Waals surface area contributed by atoms with Crippen molar-refractivity contribution in [3.63, 3.8) is 0 Å². The molecule has 0 unspecified atom stereocenters. The quantitative estimate of drug-likeness (QED) is 0.0137. The van der Waals surface area contributed by atoms with E-state index < -0.39 is 183 Å². The summed E-state index contributed by atoms with van der Waals surface area (Å²) in [5, 5.41) is 58.3. The van der Waals surface area contributed by atoms with Gasteiger partial charge in [-0.1, -0.05) is 73.9 Å². The average Bonchev–Trinajstić information content (AvgIpc) is 3.78. The highest BCUT2D eigenvalue weighted by atomic mass is 31.2. The highest BCUT2D eigenvalue weighted by Crippen LogP contribution is 2.37. The van der Waals surface area contributed by atoms with E-state index in [1.807, 2.05) is 0 Å². The van der Waals surface area contributed by atoms with Gasteiger partial charge in [0.2, 0.25) is 53.2 Å². The average molecular weight is 1280 g/mol. The smallest absolute Gasteiger partial charge is 0.481 e. The first-order valence-electron chi connectivity index (χ1n) is 29.1. The van der Waals surface area contributed by atoms with E-state index in [0.29, 0.717) is 6.42 Å². The lowest BCUT2D eigenvalue weighted by molar-refractivity contribution is -0.144. The summed E-state index contributed by atoms with van der Waals surface area (Å²) >= 11 is 0. The maximum atomic E-state index is 15.0. The summed E-state index contributed by atoms with van der Waals surface area (Å²) in [5.74, 6) is -15.1. The van der Waals surface area contributed by atoms with Gasteiger partial charge in [0.1, 0.15) is 66.2 Å². The number of nitrogens with zero attached hydrogens (tertiary/aromatic N) is 2. The van der Waals surface area contributed by atoms with Crippen molar-refractivity contribution in [2.75, 3.05) is 19.7 Å². The number of amides is 9. The summed E-state index contributed by atoms with van der Waals surface area (Å²) in [5.41, 5.74) is 16.6. The number of hydrogen-bond acceptors (Lipinski definition) is 17. The number of hydrogen-bond donors (Lipinski definition) is 17. The van der Waals surface area contributed by atoms with Crippen molar-refractivity contribution in [3.05, 3.63) is 29.8 Å². The van der Waals surface area contributed by atoms with Gasteiger partial charge in [0.05, 0.1) is 13.0 Å². The number of carboxylic acids is 3. The van der Waals surface area contributed by atoms with Crippen molar-refractivity contribution in [1.82, 2.24) is 47.4 Å². The van der Waals surface area contributed by atoms with Crippen LogP contribution in [0.3, 0.4) is 0 Å². The number of aliphatic hydroxyl groups is 1. The molecule has 11 atom stereocenters. The van der Waals surface area contributed by atoms with E-state index in [4.69, 9.17) is 17.2 Å². The Morgan fingerprint density at radius 3 is 1.64 bits per heavy atom. The third-order valence-electron chi connectivity index (χ3n) is 14.1. The van der Waals surface area contributed by atoms with E-state index in [1.165, 1.54) is 12.1 Å². The fourth-order valence-corrected chi connectivity index (χ4v) is 9.69. The highest BCUT2D eigenvalue weighted by Gasteiger charge is 2.41. The van der Waals surface area contributed by atoms with E-state index in [9.17, 15) is 92.3 Å². The van der Waals surface area contributed by atoms with Crippen molar-refractivity contribution in [3.8, 4) is 5.75 Å². The Hall–Kier alpha value is -8.00. The summed E-state index contributed by atoms with van der Waals surface area (Å²) in [6.45, 7) is 12.7. The molecule has 1 aromatic rings. The van der Waals surface area contributed by atoms with Crippen LogP contribution in [0.15, 0.2) is 29.3 Å². The molecule has 1 heterocycles. The molecule has 9 amide bonds. The summed E-state index contributed by atoms with van der Waals surface area (Å²) in [4.78, 5) is 186. The van der Waals surface area contributed by atoms with Crippen LogP contribution in [-0.2, 0) is 68.5 Å². The van der Waals surface area contributed by atoms with Crippen molar-refractivity contribution < 1.29 is 96.8 Å². The second-order valence-electron chi connectivity index (χ2n) is 23.0. The Morgan fingerprint density at radius 2 is 1.15 bits per heavy atom. The molecule has 0 bridgehead atoms. The van der Waals surface area contributed by atoms with Crippen molar-refractivity contribution >= 4 is 84.9 Å². The van der Waals surface area contributed by atoms with E-state index in [0.717, 1.165) is 17.0 Å². The zero-order chi connectivity index (χ0) is 67.6. The Labute approximate surface area is 515 Å². The number of carbonyl (C=O) groups is 12. The topological polar surface area (TPSA) is 542 Å². The summed E-state index contributed by atoms with van der Waals surface area (Å²) in [6.07, 6.45) is -2.55. The first-order chi connectivity index (χ1) is 41.5. The number of aliphatic hydroxyl groups excluding tert-OH is 1. The Bertz CT molecular complexity index is 2710. The van der Waals surface area contributed by atoms with Crippen molar-refractivity contribution in [1.29, 1.82) is 0 Å². The molecule has 89 heavy (non-hydrogen) atoms. The molecule has 0 saturated carbocycles. The van der Waals surface area contributed by atoms with Crippen LogP contribution in [0.25, 0.3) is 0 Å². The number of nitrogens with one attached hydrogen (secondary N) is 8. The Morgan fingerprint density at radius 1 is 0.652 bits per heavy atom. The minimum atomic E-state index is -5.04. The molecule has 0 aromatic heterocycles. The monoisotopic (exact) mass is 1280 g/mol. The van der Waals surface area contributed by atoms with Crippen molar-refractivity contribution in [2.24, 2.45) is 45.9 Å². The molecular formula is C55H90N13O20P. The second kappa shape index (κ2) is 37.1. The van der Waals surface area contributed by atoms with Crippen molar-refractivity contribution in [2.45, 2.75) is 186 Å². The van der Waals surface area contributed by atoms with Crippen LogP contribution in [-0.4, -0.2) is 192 Å². The molecule has 1 fully saturated rings. The normalized spacial score (nSPS) is 16.5. The summed E-state index contributed by atoms with van der Waals surface area (Å²) < 4.78 is 16.3. The van der Waals surface area contributed by atoms with Crippen LogP contribution in [0.5, 0.6) is 5.75 Å². The molecule has 33 nitrogen and oxygen atoms in total. The number of likely N-dealkylation sites (tertiary alicyclic amines) is 1. The molecule has 500 valence electrons. The van der Waals surface area contributed by atoms with Gasteiger partial charge in [-0.15, -0.1) is 0 Å². The fraction of sp³-hybridized carbons (Fsp3) is 0.655. The number of carboxylic acid groups (broad SMARTS) is 3. The van der Waals surface area contributed by atoms with Crippen LogP contribution < -0.4 is 64.3 Å². The van der Waals surface area contributed by atoms with Gasteiger partial charge < -0.3 is 89.6 Å². The van der Waals surface area contributed by atoms with Crippen LogP contribution in [0.4, 0.5) is 0 Å². The maximum absolute atomic E-state index is 15.0. The first kappa shape index (κ1) is 77.1. The number of nitrogens with two attached hydrogens (primary N) is 3. The van der Waals surface area contributed by atoms with Gasteiger partial charge >= 0.3 is 25.7 Å². The second-order valence-corrected chi connectivity index (χ2v) is 24.1. The number of aliphatic imine (C=N–C) groups is 1. The van der Waals surface area contributed by atoms with Gasteiger partial charge in [0.15, 0.2) is 5.96 Å². The maximum Gasteiger partial charge on any atom is 0.524 e. The first-order valence-corrected chi connectivity index (χ1v) is 30.7. The lowest BCUT2D eigenvalue weighted by Crippen LogP contribution is -2.61. The minimum absolute atomic E-state index is 0.0153. The molecule has 1 aliphatic heterocycles. The van der Waals surface area contributed by atoms with Gasteiger partial charge in [-0.05, 0) is 86.3 Å². The molecule has 1 aliphatic rings. The van der Waals surface area contributed by atoms with Gasteiger partial charge in [-0.2, -0.15) is 0 Å². The molecule has 0 radical (unpaired) electrons. The number of phosphoric acid groups is 1. The number of phosphoric ester groups is 1. The van der Waals surface area contributed by atoms with E-state index in [1.54, 1.807) is 55.4 Å². The highest BCUT2D eigenvalue weighted by molar-refractivity contribution is 7.46.